The summed E-state index contributed by atoms with van der Waals surface area (Å²) >= 11 is 0. The second-order valence-electron chi connectivity index (χ2n) is 8.81. The number of piperidine rings is 1. The van der Waals surface area contributed by atoms with E-state index < -0.39 is 10.0 Å². The Bertz CT molecular complexity index is 1060. The van der Waals surface area contributed by atoms with E-state index >= 15 is 0 Å². The lowest BCUT2D eigenvalue weighted by molar-refractivity contribution is -0.137. The summed E-state index contributed by atoms with van der Waals surface area (Å²) in [4.78, 5) is 26.0. The van der Waals surface area contributed by atoms with Crippen molar-refractivity contribution in [1.82, 2.24) is 19.2 Å². The van der Waals surface area contributed by atoms with Gasteiger partial charge in [-0.1, -0.05) is 17.7 Å². The van der Waals surface area contributed by atoms with Gasteiger partial charge >= 0.3 is 0 Å². The van der Waals surface area contributed by atoms with Crippen LogP contribution in [0.4, 0.5) is 5.82 Å². The maximum Gasteiger partial charge on any atom is 0.243 e. The van der Waals surface area contributed by atoms with E-state index in [0.717, 1.165) is 41.9 Å². The second kappa shape index (κ2) is 9.15. The minimum absolute atomic E-state index is 0.101. The molecule has 2 aliphatic heterocycles. The molecule has 3 heterocycles. The Kier molecular flexibility index (Phi) is 6.48. The Hall–Kier alpha value is -2.52. The SMILES string of the molecule is Cc1cc(C)c(S(=O)(=O)N2CCN(C(=O)C3CCCN(c4cnccn4)C3)CC2)c(C)c1. The Labute approximate surface area is 190 Å². The van der Waals surface area contributed by atoms with Gasteiger partial charge in [0, 0.05) is 51.7 Å². The minimum Gasteiger partial charge on any atom is -0.355 e. The van der Waals surface area contributed by atoms with E-state index in [9.17, 15) is 13.2 Å². The van der Waals surface area contributed by atoms with Crippen LogP contribution in [0.25, 0.3) is 0 Å². The molecule has 4 rings (SSSR count). The van der Waals surface area contributed by atoms with Gasteiger partial charge in [0.25, 0.3) is 0 Å². The Morgan fingerprint density at radius 3 is 2.31 bits per heavy atom. The fraction of sp³-hybridized carbons (Fsp3) is 0.522. The summed E-state index contributed by atoms with van der Waals surface area (Å²) in [6.07, 6.45) is 6.80. The van der Waals surface area contributed by atoms with Crippen LogP contribution in [0.3, 0.4) is 0 Å². The number of carbonyl (C=O) groups is 1. The third-order valence-corrected chi connectivity index (χ3v) is 8.60. The van der Waals surface area contributed by atoms with Gasteiger partial charge in [-0.25, -0.2) is 13.4 Å². The van der Waals surface area contributed by atoms with Crippen LogP contribution < -0.4 is 4.90 Å². The summed E-state index contributed by atoms with van der Waals surface area (Å²) in [5.74, 6) is 0.804. The van der Waals surface area contributed by atoms with Gasteiger partial charge in [-0.15, -0.1) is 0 Å². The number of hydrogen-bond donors (Lipinski definition) is 0. The predicted octanol–water partition coefficient (Wildman–Crippen LogP) is 2.15. The topological polar surface area (TPSA) is 86.7 Å². The van der Waals surface area contributed by atoms with Crippen LogP contribution in [0, 0.1) is 26.7 Å². The summed E-state index contributed by atoms with van der Waals surface area (Å²) in [6.45, 7) is 8.63. The van der Waals surface area contributed by atoms with Gasteiger partial charge in [0.15, 0.2) is 0 Å². The number of aryl methyl sites for hydroxylation is 3. The third kappa shape index (κ3) is 4.49. The minimum atomic E-state index is -3.59. The summed E-state index contributed by atoms with van der Waals surface area (Å²) in [6, 6.07) is 3.82. The maximum absolute atomic E-state index is 13.3. The molecule has 9 heteroatoms. The van der Waals surface area contributed by atoms with Crippen molar-refractivity contribution >= 4 is 21.7 Å². The van der Waals surface area contributed by atoms with E-state index in [-0.39, 0.29) is 11.8 Å². The molecule has 0 N–H and O–H groups in total. The predicted molar refractivity (Wildman–Crippen MR) is 123 cm³/mol. The first-order chi connectivity index (χ1) is 15.3. The highest BCUT2D eigenvalue weighted by atomic mass is 32.2. The fourth-order valence-electron chi connectivity index (χ4n) is 4.95. The van der Waals surface area contributed by atoms with Crippen LogP contribution in [-0.2, 0) is 14.8 Å². The number of hydrogen-bond acceptors (Lipinski definition) is 6. The third-order valence-electron chi connectivity index (χ3n) is 6.40. The number of nitrogens with zero attached hydrogens (tertiary/aromatic N) is 5. The highest BCUT2D eigenvalue weighted by Gasteiger charge is 2.35. The van der Waals surface area contributed by atoms with Crippen molar-refractivity contribution in [3.05, 3.63) is 47.4 Å². The van der Waals surface area contributed by atoms with Gasteiger partial charge in [-0.05, 0) is 44.7 Å². The molecule has 32 heavy (non-hydrogen) atoms. The number of piperazine rings is 1. The molecule has 0 saturated carbocycles. The van der Waals surface area contributed by atoms with Crippen molar-refractivity contribution in [2.24, 2.45) is 5.92 Å². The smallest absolute Gasteiger partial charge is 0.243 e. The maximum atomic E-state index is 13.3. The van der Waals surface area contributed by atoms with Gasteiger partial charge in [0.2, 0.25) is 15.9 Å². The molecular weight excluding hydrogens is 426 g/mol. The van der Waals surface area contributed by atoms with E-state index in [1.165, 1.54) is 4.31 Å². The number of benzene rings is 1. The zero-order valence-corrected chi connectivity index (χ0v) is 19.8. The second-order valence-corrected chi connectivity index (χ2v) is 10.7. The highest BCUT2D eigenvalue weighted by Crippen LogP contribution is 2.27. The Morgan fingerprint density at radius 2 is 1.69 bits per heavy atom. The molecule has 1 amide bonds. The van der Waals surface area contributed by atoms with Gasteiger partial charge in [0.05, 0.1) is 17.0 Å². The Balaban J connectivity index is 1.41. The quantitative estimate of drug-likeness (QED) is 0.699. The molecule has 8 nitrogen and oxygen atoms in total. The first kappa shape index (κ1) is 22.7. The average Bonchev–Trinajstić information content (AvgIpc) is 2.78. The van der Waals surface area contributed by atoms with Gasteiger partial charge < -0.3 is 9.80 Å². The van der Waals surface area contributed by atoms with Crippen LogP contribution in [0.1, 0.15) is 29.5 Å². The number of sulfonamides is 1. The van der Waals surface area contributed by atoms with Crippen LogP contribution in [0.15, 0.2) is 35.6 Å². The molecule has 2 aliphatic rings. The molecule has 1 unspecified atom stereocenters. The van der Waals surface area contributed by atoms with E-state index in [0.29, 0.717) is 37.6 Å². The van der Waals surface area contributed by atoms with Crippen LogP contribution in [0.5, 0.6) is 0 Å². The normalized spacial score (nSPS) is 20.4. The number of amides is 1. The number of carbonyl (C=O) groups excluding carboxylic acids is 1. The van der Waals surface area contributed by atoms with Crippen molar-refractivity contribution < 1.29 is 13.2 Å². The molecule has 0 bridgehead atoms. The zero-order valence-electron chi connectivity index (χ0n) is 19.0. The molecule has 0 aliphatic carbocycles. The summed E-state index contributed by atoms with van der Waals surface area (Å²) in [5.41, 5.74) is 2.59. The van der Waals surface area contributed by atoms with E-state index in [2.05, 4.69) is 14.9 Å². The zero-order chi connectivity index (χ0) is 22.9. The van der Waals surface area contributed by atoms with Crippen molar-refractivity contribution in [3.8, 4) is 0 Å². The Morgan fingerprint density at radius 1 is 1.00 bits per heavy atom. The summed E-state index contributed by atoms with van der Waals surface area (Å²) in [7, 11) is -3.59. The molecule has 2 aromatic rings. The first-order valence-electron chi connectivity index (χ1n) is 11.1. The number of aromatic nitrogens is 2. The molecule has 1 atom stereocenters. The molecule has 2 fully saturated rings. The van der Waals surface area contributed by atoms with Crippen LogP contribution in [-0.4, -0.2) is 72.8 Å². The lowest BCUT2D eigenvalue weighted by atomic mass is 9.96. The van der Waals surface area contributed by atoms with E-state index in [1.807, 2.05) is 37.8 Å². The lowest BCUT2D eigenvalue weighted by Gasteiger charge is -2.39. The highest BCUT2D eigenvalue weighted by molar-refractivity contribution is 7.89. The van der Waals surface area contributed by atoms with Crippen LogP contribution in [0.2, 0.25) is 0 Å². The first-order valence-corrected chi connectivity index (χ1v) is 12.6. The molecule has 2 saturated heterocycles. The van der Waals surface area contributed by atoms with Crippen molar-refractivity contribution in [2.45, 2.75) is 38.5 Å². The molecule has 1 aromatic carbocycles. The summed E-state index contributed by atoms with van der Waals surface area (Å²) in [5, 5.41) is 0. The van der Waals surface area contributed by atoms with Crippen molar-refractivity contribution in [2.75, 3.05) is 44.2 Å². The van der Waals surface area contributed by atoms with Crippen LogP contribution >= 0.6 is 0 Å². The van der Waals surface area contributed by atoms with E-state index in [1.54, 1.807) is 18.6 Å². The molecule has 172 valence electrons. The molecule has 1 aromatic heterocycles. The van der Waals surface area contributed by atoms with Crippen molar-refractivity contribution in [3.63, 3.8) is 0 Å². The van der Waals surface area contributed by atoms with Gasteiger partial charge in [-0.2, -0.15) is 4.31 Å². The average molecular weight is 458 g/mol. The molecular formula is C23H31N5O3S. The number of rotatable bonds is 4. The molecule has 0 radical (unpaired) electrons. The lowest BCUT2D eigenvalue weighted by Crippen LogP contribution is -2.53. The fourth-order valence-corrected chi connectivity index (χ4v) is 6.78. The van der Waals surface area contributed by atoms with Crippen molar-refractivity contribution in [1.29, 1.82) is 0 Å². The monoisotopic (exact) mass is 457 g/mol. The van der Waals surface area contributed by atoms with Gasteiger partial charge in [0.1, 0.15) is 5.82 Å². The number of anilines is 1. The largest absolute Gasteiger partial charge is 0.355 e. The van der Waals surface area contributed by atoms with E-state index in [4.69, 9.17) is 0 Å². The van der Waals surface area contributed by atoms with Gasteiger partial charge in [-0.3, -0.25) is 9.78 Å². The summed E-state index contributed by atoms with van der Waals surface area (Å²) < 4.78 is 28.2. The molecule has 0 spiro atoms. The standard InChI is InChI=1S/C23H31N5O3S/c1-17-13-18(2)22(19(3)14-17)32(30,31)28-11-9-26(10-12-28)23(29)20-5-4-8-27(16-20)21-15-24-6-7-25-21/h6-7,13-15,20H,4-5,8-12,16H2,1-3H3.